The first-order chi connectivity index (χ1) is 14.8. The van der Waals surface area contributed by atoms with Gasteiger partial charge in [-0.15, -0.1) is 5.10 Å². The van der Waals surface area contributed by atoms with Gasteiger partial charge in [0.15, 0.2) is 5.76 Å². The van der Waals surface area contributed by atoms with Crippen LogP contribution in [0.3, 0.4) is 0 Å². The highest BCUT2D eigenvalue weighted by molar-refractivity contribution is 6.01. The third-order valence-electron chi connectivity index (χ3n) is 5.26. The molecule has 0 bridgehead atoms. The van der Waals surface area contributed by atoms with Crippen molar-refractivity contribution < 1.29 is 14.1 Å². The second-order valence-electron chi connectivity index (χ2n) is 7.30. The second kappa shape index (κ2) is 7.94. The Labute approximate surface area is 173 Å². The van der Waals surface area contributed by atoms with Crippen molar-refractivity contribution in [3.63, 3.8) is 0 Å². The van der Waals surface area contributed by atoms with Crippen molar-refractivity contribution in [2.75, 3.05) is 13.1 Å². The van der Waals surface area contributed by atoms with Gasteiger partial charge in [-0.05, 0) is 37.1 Å². The van der Waals surface area contributed by atoms with Gasteiger partial charge in [0.1, 0.15) is 11.6 Å². The van der Waals surface area contributed by atoms with Crippen LogP contribution in [-0.2, 0) is 0 Å². The zero-order valence-corrected chi connectivity index (χ0v) is 16.3. The van der Waals surface area contributed by atoms with Crippen LogP contribution in [0.25, 0.3) is 22.2 Å². The quantitative estimate of drug-likeness (QED) is 0.516. The zero-order chi connectivity index (χ0) is 20.3. The predicted octanol–water partition coefficient (Wildman–Crippen LogP) is 3.97. The number of likely N-dealkylation sites (tertiary alicyclic amines) is 1. The van der Waals surface area contributed by atoms with E-state index >= 15 is 0 Å². The zero-order valence-electron chi connectivity index (χ0n) is 16.3. The van der Waals surface area contributed by atoms with Gasteiger partial charge in [-0.1, -0.05) is 35.5 Å². The molecule has 30 heavy (non-hydrogen) atoms. The molecule has 0 aliphatic carbocycles. The van der Waals surface area contributed by atoms with Gasteiger partial charge in [0.25, 0.3) is 5.91 Å². The molecule has 2 aromatic heterocycles. The summed E-state index contributed by atoms with van der Waals surface area (Å²) in [6.45, 7) is 1.22. The summed E-state index contributed by atoms with van der Waals surface area (Å²) in [5.41, 5.74) is 2.27. The predicted molar refractivity (Wildman–Crippen MR) is 111 cm³/mol. The number of ether oxygens (including phenoxy) is 1. The minimum absolute atomic E-state index is 0.0236. The van der Waals surface area contributed by atoms with Gasteiger partial charge in [0.05, 0.1) is 11.9 Å². The fourth-order valence-corrected chi connectivity index (χ4v) is 3.79. The van der Waals surface area contributed by atoms with Gasteiger partial charge in [-0.2, -0.15) is 5.10 Å². The first-order valence-corrected chi connectivity index (χ1v) is 9.96. The van der Waals surface area contributed by atoms with Crippen molar-refractivity contribution in [2.45, 2.75) is 18.9 Å². The Morgan fingerprint density at radius 1 is 1.10 bits per heavy atom. The molecule has 0 N–H and O–H groups in total. The van der Waals surface area contributed by atoms with Gasteiger partial charge in [-0.3, -0.25) is 4.79 Å². The molecule has 1 unspecified atom stereocenters. The van der Waals surface area contributed by atoms with Crippen LogP contribution in [0.15, 0.2) is 71.4 Å². The Bertz CT molecular complexity index is 1160. The molecule has 1 aliphatic rings. The highest BCUT2D eigenvalue weighted by atomic mass is 16.5. The van der Waals surface area contributed by atoms with Crippen LogP contribution in [0, 0.1) is 0 Å². The highest BCUT2D eigenvalue weighted by Gasteiger charge is 2.26. The smallest absolute Gasteiger partial charge is 0.254 e. The van der Waals surface area contributed by atoms with Crippen LogP contribution in [0.4, 0.5) is 0 Å². The molecule has 1 amide bonds. The molecule has 7 heteroatoms. The molecule has 1 saturated heterocycles. The molecule has 7 nitrogen and oxygen atoms in total. The van der Waals surface area contributed by atoms with E-state index in [-0.39, 0.29) is 12.0 Å². The lowest BCUT2D eigenvalue weighted by Gasteiger charge is -2.32. The Balaban J connectivity index is 1.37. The topological polar surface area (TPSA) is 81.4 Å². The lowest BCUT2D eigenvalue weighted by atomic mass is 10.0. The summed E-state index contributed by atoms with van der Waals surface area (Å²) < 4.78 is 11.5. The lowest BCUT2D eigenvalue weighted by Crippen LogP contribution is -2.44. The van der Waals surface area contributed by atoms with Crippen molar-refractivity contribution in [1.29, 1.82) is 0 Å². The van der Waals surface area contributed by atoms with Crippen LogP contribution < -0.4 is 4.74 Å². The number of rotatable bonds is 4. The van der Waals surface area contributed by atoms with Crippen LogP contribution in [0.2, 0.25) is 0 Å². The number of amides is 1. The number of fused-ring (bicyclic) bond motifs is 1. The number of piperidine rings is 1. The number of hydrogen-bond donors (Lipinski definition) is 0. The summed E-state index contributed by atoms with van der Waals surface area (Å²) in [6.07, 6.45) is 3.26. The SMILES string of the molecule is O=C(c1ccc2noc(-c3ccccc3)c2c1)N1CCCC(Oc2cccnn2)C1. The summed E-state index contributed by atoms with van der Waals surface area (Å²) in [5.74, 6) is 1.13. The van der Waals surface area contributed by atoms with E-state index in [4.69, 9.17) is 9.26 Å². The molecule has 1 aliphatic heterocycles. The third-order valence-corrected chi connectivity index (χ3v) is 5.26. The molecule has 5 rings (SSSR count). The van der Waals surface area contributed by atoms with Gasteiger partial charge in [-0.25, -0.2) is 0 Å². The summed E-state index contributed by atoms with van der Waals surface area (Å²) in [4.78, 5) is 15.0. The fourth-order valence-electron chi connectivity index (χ4n) is 3.79. The highest BCUT2D eigenvalue weighted by Crippen LogP contribution is 2.30. The summed E-state index contributed by atoms with van der Waals surface area (Å²) in [7, 11) is 0. The van der Waals surface area contributed by atoms with E-state index in [1.165, 1.54) is 0 Å². The van der Waals surface area contributed by atoms with Crippen molar-refractivity contribution >= 4 is 16.8 Å². The first kappa shape index (κ1) is 18.3. The molecular formula is C23H20N4O3. The summed E-state index contributed by atoms with van der Waals surface area (Å²) >= 11 is 0. The molecule has 1 fully saturated rings. The van der Waals surface area contributed by atoms with Crippen LogP contribution in [-0.4, -0.2) is 45.4 Å². The average molecular weight is 400 g/mol. The van der Waals surface area contributed by atoms with E-state index < -0.39 is 0 Å². The van der Waals surface area contributed by atoms with E-state index in [1.807, 2.05) is 47.4 Å². The minimum Gasteiger partial charge on any atom is -0.471 e. The summed E-state index contributed by atoms with van der Waals surface area (Å²) in [5, 5.41) is 12.8. The maximum Gasteiger partial charge on any atom is 0.254 e. The van der Waals surface area contributed by atoms with Gasteiger partial charge in [0, 0.05) is 29.9 Å². The summed E-state index contributed by atoms with van der Waals surface area (Å²) in [6, 6.07) is 18.8. The molecule has 0 radical (unpaired) electrons. The Morgan fingerprint density at radius 3 is 2.83 bits per heavy atom. The lowest BCUT2D eigenvalue weighted by molar-refractivity contribution is 0.0525. The molecule has 0 spiro atoms. The molecule has 2 aromatic carbocycles. The fraction of sp³-hybridized carbons (Fsp3) is 0.217. The third kappa shape index (κ3) is 3.61. The van der Waals surface area contributed by atoms with Crippen molar-refractivity contribution in [2.24, 2.45) is 0 Å². The van der Waals surface area contributed by atoms with E-state index in [0.717, 1.165) is 29.3 Å². The van der Waals surface area contributed by atoms with E-state index in [0.29, 0.717) is 30.3 Å². The Morgan fingerprint density at radius 2 is 2.00 bits per heavy atom. The van der Waals surface area contributed by atoms with Gasteiger partial charge >= 0.3 is 0 Å². The van der Waals surface area contributed by atoms with Crippen molar-refractivity contribution in [3.05, 3.63) is 72.4 Å². The van der Waals surface area contributed by atoms with Crippen molar-refractivity contribution in [1.82, 2.24) is 20.3 Å². The molecule has 0 saturated carbocycles. The van der Waals surface area contributed by atoms with Crippen LogP contribution in [0.1, 0.15) is 23.2 Å². The van der Waals surface area contributed by atoms with Crippen LogP contribution >= 0.6 is 0 Å². The molecule has 150 valence electrons. The second-order valence-corrected chi connectivity index (χ2v) is 7.30. The number of carbonyl (C=O) groups is 1. The van der Waals surface area contributed by atoms with Gasteiger partial charge in [0.2, 0.25) is 5.88 Å². The first-order valence-electron chi connectivity index (χ1n) is 9.96. The largest absolute Gasteiger partial charge is 0.471 e. The molecule has 1 atom stereocenters. The average Bonchev–Trinajstić information content (AvgIpc) is 3.23. The maximum atomic E-state index is 13.2. The Hall–Kier alpha value is -3.74. The molecule has 3 heterocycles. The van der Waals surface area contributed by atoms with E-state index in [2.05, 4.69) is 15.4 Å². The van der Waals surface area contributed by atoms with Crippen molar-refractivity contribution in [3.8, 4) is 17.2 Å². The monoisotopic (exact) mass is 400 g/mol. The van der Waals surface area contributed by atoms with Gasteiger partial charge < -0.3 is 14.2 Å². The number of carbonyl (C=O) groups excluding carboxylic acids is 1. The normalized spacial score (nSPS) is 16.5. The molecular weight excluding hydrogens is 380 g/mol. The standard InChI is InChI=1S/C23H20N4O3/c28-23(27-13-5-8-18(15-27)29-21-9-4-12-24-25-21)17-10-11-20-19(14-17)22(30-26-20)16-6-2-1-3-7-16/h1-4,6-7,9-12,14,18H,5,8,13,15H2. The van der Waals surface area contributed by atoms with E-state index in [1.54, 1.807) is 24.4 Å². The van der Waals surface area contributed by atoms with Crippen LogP contribution in [0.5, 0.6) is 5.88 Å². The minimum atomic E-state index is -0.0985. The number of hydrogen-bond acceptors (Lipinski definition) is 6. The maximum absolute atomic E-state index is 13.2. The molecule has 4 aromatic rings. The Kier molecular flexibility index (Phi) is 4.85. The number of aromatic nitrogens is 3. The number of benzene rings is 2. The van der Waals surface area contributed by atoms with E-state index in [9.17, 15) is 4.79 Å². The number of nitrogens with zero attached hydrogens (tertiary/aromatic N) is 4.